The average Bonchev–Trinajstić information content (AvgIpc) is 3.09. The van der Waals surface area contributed by atoms with Crippen LogP contribution in [0.5, 0.6) is 0 Å². The van der Waals surface area contributed by atoms with Gasteiger partial charge in [-0.2, -0.15) is 0 Å². The molecule has 0 heterocycles. The van der Waals surface area contributed by atoms with Crippen molar-refractivity contribution in [3.8, 4) is 0 Å². The van der Waals surface area contributed by atoms with Gasteiger partial charge in [0.05, 0.1) is 27.7 Å². The van der Waals surface area contributed by atoms with E-state index in [1.165, 1.54) is 44.9 Å². The van der Waals surface area contributed by atoms with Crippen molar-refractivity contribution in [1.29, 1.82) is 0 Å². The second-order valence-corrected chi connectivity index (χ2v) is 15.7. The van der Waals surface area contributed by atoms with Gasteiger partial charge in [0, 0.05) is 12.8 Å². The van der Waals surface area contributed by atoms with E-state index < -0.39 is 32.5 Å². The van der Waals surface area contributed by atoms with Crippen molar-refractivity contribution in [2.45, 2.75) is 148 Å². The summed E-state index contributed by atoms with van der Waals surface area (Å²) in [6, 6.07) is 0. The number of hydrogen-bond donors (Lipinski definition) is 0. The van der Waals surface area contributed by atoms with Crippen LogP contribution in [0.4, 0.5) is 0 Å². The Labute approximate surface area is 317 Å². The fraction of sp³-hybridized carbons (Fsp3) is 0.714. The maximum absolute atomic E-state index is 12.6. The molecule has 2 atom stereocenters. The van der Waals surface area contributed by atoms with Crippen molar-refractivity contribution >= 4 is 19.8 Å². The van der Waals surface area contributed by atoms with Gasteiger partial charge < -0.3 is 27.9 Å². The van der Waals surface area contributed by atoms with Crippen LogP contribution >= 0.6 is 7.82 Å². The zero-order valence-electron chi connectivity index (χ0n) is 33.5. The molecule has 9 nitrogen and oxygen atoms in total. The molecular weight excluding hydrogens is 677 g/mol. The number of carbonyl (C=O) groups is 2. The molecule has 0 saturated carbocycles. The molecule has 0 rings (SSSR count). The Morgan fingerprint density at radius 3 is 1.62 bits per heavy atom. The van der Waals surface area contributed by atoms with Gasteiger partial charge in [-0.05, 0) is 51.4 Å². The lowest BCUT2D eigenvalue weighted by Gasteiger charge is -2.28. The van der Waals surface area contributed by atoms with Crippen molar-refractivity contribution in [1.82, 2.24) is 0 Å². The molecular formula is C42H74NO8P. The van der Waals surface area contributed by atoms with Crippen LogP contribution in [-0.2, 0) is 32.7 Å². The molecule has 0 spiro atoms. The first-order chi connectivity index (χ1) is 25.0. The predicted molar refractivity (Wildman–Crippen MR) is 213 cm³/mol. The second kappa shape index (κ2) is 34.5. The maximum Gasteiger partial charge on any atom is 0.306 e. The summed E-state index contributed by atoms with van der Waals surface area (Å²) in [5, 5.41) is 0. The van der Waals surface area contributed by atoms with Gasteiger partial charge in [0.1, 0.15) is 19.8 Å². The Bertz CT molecular complexity index is 1080. The largest absolute Gasteiger partial charge is 0.756 e. The predicted octanol–water partition coefficient (Wildman–Crippen LogP) is 10.3. The molecule has 52 heavy (non-hydrogen) atoms. The van der Waals surface area contributed by atoms with Gasteiger partial charge in [-0.25, -0.2) is 0 Å². The summed E-state index contributed by atoms with van der Waals surface area (Å²) < 4.78 is 33.7. The average molecular weight is 752 g/mol. The van der Waals surface area contributed by atoms with Gasteiger partial charge >= 0.3 is 11.9 Å². The number of nitrogens with zero attached hydrogens (tertiary/aromatic N) is 1. The van der Waals surface area contributed by atoms with E-state index in [4.69, 9.17) is 18.5 Å². The standard InChI is InChI=1S/C42H74NO8P/c1-6-8-10-12-14-16-18-19-20-21-22-23-25-26-28-30-32-34-41(44)48-38-40(39-50-52(46,47)49-37-36-43(3,4)5)51-42(45)35-33-31-29-27-24-17-15-13-11-9-7-2/h8,10,14,16,19-20,22-23,26,28,40H,6-7,9,11-13,15,17-18,21,24-25,27,29-39H2,1-5H3/b10-8-,16-14-,20-19-,23-22-,28-26-/t40-/m1/s1. The van der Waals surface area contributed by atoms with Crippen molar-refractivity contribution in [3.63, 3.8) is 0 Å². The Balaban J connectivity index is 4.51. The smallest absolute Gasteiger partial charge is 0.306 e. The van der Waals surface area contributed by atoms with Crippen molar-refractivity contribution < 1.29 is 42.1 Å². The Hall–Kier alpha value is -2.29. The van der Waals surface area contributed by atoms with Crippen LogP contribution < -0.4 is 4.89 Å². The molecule has 0 aromatic carbocycles. The summed E-state index contributed by atoms with van der Waals surface area (Å²) in [6.45, 7) is 4.01. The second-order valence-electron chi connectivity index (χ2n) is 14.3. The SMILES string of the molecule is CC/C=C\C/C=C\C/C=C\C/C=C\C/C=C\CCCC(=O)OC[C@H](COP(=O)([O-])OCC[N+](C)(C)C)OC(=O)CCCCCCCCCCCCC. The van der Waals surface area contributed by atoms with Crippen molar-refractivity contribution in [2.24, 2.45) is 0 Å². The van der Waals surface area contributed by atoms with E-state index in [9.17, 15) is 19.0 Å². The van der Waals surface area contributed by atoms with E-state index >= 15 is 0 Å². The van der Waals surface area contributed by atoms with Crippen LogP contribution in [-0.4, -0.2) is 70.0 Å². The van der Waals surface area contributed by atoms with Crippen LogP contribution in [0.25, 0.3) is 0 Å². The molecule has 10 heteroatoms. The molecule has 300 valence electrons. The Morgan fingerprint density at radius 1 is 0.615 bits per heavy atom. The molecule has 0 aromatic rings. The minimum absolute atomic E-state index is 0.0412. The highest BCUT2D eigenvalue weighted by molar-refractivity contribution is 7.45. The zero-order valence-corrected chi connectivity index (χ0v) is 34.4. The number of likely N-dealkylation sites (N-methyl/N-ethyl adjacent to an activating group) is 1. The third-order valence-electron chi connectivity index (χ3n) is 8.05. The Morgan fingerprint density at radius 2 is 1.10 bits per heavy atom. The van der Waals surface area contributed by atoms with Gasteiger partial charge in [0.15, 0.2) is 6.10 Å². The fourth-order valence-electron chi connectivity index (χ4n) is 4.92. The minimum Gasteiger partial charge on any atom is -0.756 e. The van der Waals surface area contributed by atoms with E-state index in [0.717, 1.165) is 57.8 Å². The maximum atomic E-state index is 12.6. The first kappa shape index (κ1) is 49.7. The molecule has 0 fully saturated rings. The third-order valence-corrected chi connectivity index (χ3v) is 9.02. The van der Waals surface area contributed by atoms with Crippen molar-refractivity contribution in [3.05, 3.63) is 60.8 Å². The lowest BCUT2D eigenvalue weighted by atomic mass is 10.1. The number of phosphoric ester groups is 1. The van der Waals surface area contributed by atoms with Gasteiger partial charge in [0.2, 0.25) is 0 Å². The number of phosphoric acid groups is 1. The summed E-state index contributed by atoms with van der Waals surface area (Å²) in [5.41, 5.74) is 0. The number of rotatable bonds is 35. The first-order valence-corrected chi connectivity index (χ1v) is 21.5. The number of hydrogen-bond acceptors (Lipinski definition) is 8. The number of ether oxygens (including phenoxy) is 2. The molecule has 0 aliphatic carbocycles. The van der Waals surface area contributed by atoms with E-state index in [2.05, 4.69) is 68.5 Å². The van der Waals surface area contributed by atoms with E-state index in [1.807, 2.05) is 27.2 Å². The lowest BCUT2D eigenvalue weighted by Crippen LogP contribution is -2.37. The van der Waals surface area contributed by atoms with Crippen LogP contribution in [0.15, 0.2) is 60.8 Å². The quantitative estimate of drug-likeness (QED) is 0.0207. The monoisotopic (exact) mass is 752 g/mol. The molecule has 0 N–H and O–H groups in total. The highest BCUT2D eigenvalue weighted by Gasteiger charge is 2.21. The van der Waals surface area contributed by atoms with Crippen LogP contribution in [0.1, 0.15) is 142 Å². The van der Waals surface area contributed by atoms with Crippen LogP contribution in [0, 0.1) is 0 Å². The first-order valence-electron chi connectivity index (χ1n) is 20.0. The molecule has 0 aromatic heterocycles. The molecule has 0 saturated heterocycles. The fourth-order valence-corrected chi connectivity index (χ4v) is 5.65. The van der Waals surface area contributed by atoms with E-state index in [1.54, 1.807) is 0 Å². The summed E-state index contributed by atoms with van der Waals surface area (Å²) in [5.74, 6) is -0.908. The lowest BCUT2D eigenvalue weighted by molar-refractivity contribution is -0.870. The normalized spacial score (nSPS) is 14.3. The van der Waals surface area contributed by atoms with Gasteiger partial charge in [-0.1, -0.05) is 139 Å². The molecule has 1 unspecified atom stereocenters. The van der Waals surface area contributed by atoms with Gasteiger partial charge in [-0.15, -0.1) is 0 Å². The van der Waals surface area contributed by atoms with Crippen LogP contribution in [0.2, 0.25) is 0 Å². The number of allylic oxidation sites excluding steroid dienone is 10. The summed E-state index contributed by atoms with van der Waals surface area (Å²) >= 11 is 0. The number of unbranched alkanes of at least 4 members (excludes halogenated alkanes) is 11. The topological polar surface area (TPSA) is 111 Å². The van der Waals surface area contributed by atoms with Gasteiger partial charge in [0.25, 0.3) is 7.82 Å². The number of carbonyl (C=O) groups excluding carboxylic acids is 2. The molecule has 0 bridgehead atoms. The van der Waals surface area contributed by atoms with Crippen molar-refractivity contribution in [2.75, 3.05) is 47.5 Å². The highest BCUT2D eigenvalue weighted by atomic mass is 31.2. The molecule has 0 aliphatic rings. The molecule has 0 aliphatic heterocycles. The minimum atomic E-state index is -4.63. The summed E-state index contributed by atoms with van der Waals surface area (Å²) in [4.78, 5) is 37.3. The summed E-state index contributed by atoms with van der Waals surface area (Å²) in [6.07, 6.45) is 39.7. The zero-order chi connectivity index (χ0) is 38.6. The number of quaternary nitrogens is 1. The number of esters is 2. The van der Waals surface area contributed by atoms with Gasteiger partial charge in [-0.3, -0.25) is 14.2 Å². The molecule has 0 amide bonds. The van der Waals surface area contributed by atoms with Crippen LogP contribution in [0.3, 0.4) is 0 Å². The van der Waals surface area contributed by atoms with E-state index in [0.29, 0.717) is 23.9 Å². The summed E-state index contributed by atoms with van der Waals surface area (Å²) in [7, 11) is 1.13. The molecule has 0 radical (unpaired) electrons. The third kappa shape index (κ3) is 37.5. The highest BCUT2D eigenvalue weighted by Crippen LogP contribution is 2.38. The van der Waals surface area contributed by atoms with E-state index in [-0.39, 0.29) is 26.1 Å². The Kier molecular flexibility index (Phi) is 33.0.